The van der Waals surface area contributed by atoms with E-state index in [9.17, 15) is 23.5 Å². The maximum Gasteiger partial charge on any atom is 0.325 e. The number of amides is 3. The van der Waals surface area contributed by atoms with Gasteiger partial charge in [0.25, 0.3) is 5.91 Å². The van der Waals surface area contributed by atoms with E-state index in [1.165, 1.54) is 13.0 Å². The molecular formula is C23H26F2N2O4. The van der Waals surface area contributed by atoms with E-state index in [1.54, 1.807) is 6.07 Å². The Bertz CT molecular complexity index is 1010. The highest BCUT2D eigenvalue weighted by Gasteiger charge is 2.49. The summed E-state index contributed by atoms with van der Waals surface area (Å²) in [6.07, 6.45) is -1.14. The van der Waals surface area contributed by atoms with E-state index in [4.69, 9.17) is 4.74 Å². The normalized spacial score (nSPS) is 20.0. The number of halogens is 2. The Kier molecular flexibility index (Phi) is 6.04. The number of carbonyl (C=O) groups excluding carboxylic acids is 2. The molecule has 166 valence electrons. The summed E-state index contributed by atoms with van der Waals surface area (Å²) in [4.78, 5) is 26.2. The van der Waals surface area contributed by atoms with Gasteiger partial charge in [-0.3, -0.25) is 9.69 Å². The Hall–Kier alpha value is -3.00. The van der Waals surface area contributed by atoms with Crippen LogP contribution in [-0.4, -0.2) is 41.2 Å². The highest BCUT2D eigenvalue weighted by molar-refractivity contribution is 6.07. The van der Waals surface area contributed by atoms with E-state index >= 15 is 0 Å². The number of hydrogen-bond acceptors (Lipinski definition) is 4. The van der Waals surface area contributed by atoms with Gasteiger partial charge in [-0.1, -0.05) is 45.0 Å². The lowest BCUT2D eigenvalue weighted by Gasteiger charge is -2.25. The summed E-state index contributed by atoms with van der Waals surface area (Å²) in [6.45, 7) is 7.09. The molecule has 0 spiro atoms. The first-order valence-corrected chi connectivity index (χ1v) is 9.93. The van der Waals surface area contributed by atoms with Crippen molar-refractivity contribution in [3.8, 4) is 5.75 Å². The van der Waals surface area contributed by atoms with Gasteiger partial charge in [-0.25, -0.2) is 13.6 Å². The lowest BCUT2D eigenvalue weighted by molar-refractivity contribution is -0.132. The van der Waals surface area contributed by atoms with E-state index in [-0.39, 0.29) is 24.1 Å². The number of para-hydroxylation sites is 1. The molecule has 1 saturated heterocycles. The van der Waals surface area contributed by atoms with Crippen molar-refractivity contribution < 1.29 is 28.2 Å². The fourth-order valence-corrected chi connectivity index (χ4v) is 3.53. The lowest BCUT2D eigenvalue weighted by Crippen LogP contribution is -2.43. The number of benzene rings is 2. The van der Waals surface area contributed by atoms with Gasteiger partial charge in [-0.05, 0) is 41.7 Å². The van der Waals surface area contributed by atoms with E-state index in [0.29, 0.717) is 5.75 Å². The molecule has 0 aromatic heterocycles. The van der Waals surface area contributed by atoms with Crippen LogP contribution in [0.4, 0.5) is 13.6 Å². The summed E-state index contributed by atoms with van der Waals surface area (Å²) >= 11 is 0. The predicted molar refractivity (Wildman–Crippen MR) is 111 cm³/mol. The molecule has 0 aliphatic carbocycles. The first-order chi connectivity index (χ1) is 14.4. The van der Waals surface area contributed by atoms with E-state index in [1.807, 2.05) is 39.0 Å². The number of rotatable bonds is 6. The minimum absolute atomic E-state index is 0.108. The lowest BCUT2D eigenvalue weighted by atomic mass is 9.86. The van der Waals surface area contributed by atoms with E-state index in [0.717, 1.165) is 22.6 Å². The van der Waals surface area contributed by atoms with Crippen LogP contribution >= 0.6 is 0 Å². The number of β-amino-alcohol motifs (C(OH)–C–C–N with tert-alkyl or cyclic N) is 1. The van der Waals surface area contributed by atoms with Crippen molar-refractivity contribution in [1.82, 2.24) is 10.2 Å². The van der Waals surface area contributed by atoms with Gasteiger partial charge in [-0.15, -0.1) is 0 Å². The molecule has 0 radical (unpaired) electrons. The summed E-state index contributed by atoms with van der Waals surface area (Å²) < 4.78 is 32.7. The van der Waals surface area contributed by atoms with Crippen molar-refractivity contribution >= 4 is 11.9 Å². The molecule has 3 rings (SSSR count). The van der Waals surface area contributed by atoms with Gasteiger partial charge in [-0.2, -0.15) is 0 Å². The van der Waals surface area contributed by atoms with Crippen LogP contribution in [0.15, 0.2) is 42.5 Å². The Balaban J connectivity index is 1.70. The largest absolute Gasteiger partial charge is 0.491 e. The van der Waals surface area contributed by atoms with Crippen molar-refractivity contribution in [3.63, 3.8) is 0 Å². The molecular weight excluding hydrogens is 406 g/mol. The molecule has 31 heavy (non-hydrogen) atoms. The maximum atomic E-state index is 13.6. The summed E-state index contributed by atoms with van der Waals surface area (Å²) in [6, 6.07) is 9.73. The number of urea groups is 1. The summed E-state index contributed by atoms with van der Waals surface area (Å²) in [5.74, 6) is -2.23. The van der Waals surface area contributed by atoms with Crippen molar-refractivity contribution in [2.75, 3.05) is 13.2 Å². The molecule has 8 heteroatoms. The highest BCUT2D eigenvalue weighted by Crippen LogP contribution is 2.32. The van der Waals surface area contributed by atoms with Gasteiger partial charge < -0.3 is 15.2 Å². The molecule has 1 aliphatic rings. The van der Waals surface area contributed by atoms with E-state index in [2.05, 4.69) is 5.32 Å². The molecule has 2 aromatic carbocycles. The zero-order valence-electron chi connectivity index (χ0n) is 17.9. The van der Waals surface area contributed by atoms with Gasteiger partial charge in [0, 0.05) is 0 Å². The van der Waals surface area contributed by atoms with Crippen LogP contribution in [0.5, 0.6) is 5.75 Å². The molecule has 6 nitrogen and oxygen atoms in total. The number of hydrogen-bond donors (Lipinski definition) is 2. The Morgan fingerprint density at radius 2 is 1.81 bits per heavy atom. The molecule has 2 unspecified atom stereocenters. The van der Waals surface area contributed by atoms with Crippen LogP contribution < -0.4 is 10.1 Å². The zero-order chi connectivity index (χ0) is 23.0. The monoisotopic (exact) mass is 432 g/mol. The summed E-state index contributed by atoms with van der Waals surface area (Å²) in [5.41, 5.74) is -0.663. The van der Waals surface area contributed by atoms with Crippen LogP contribution in [0, 0.1) is 11.6 Å². The summed E-state index contributed by atoms with van der Waals surface area (Å²) in [7, 11) is 0. The fourth-order valence-electron chi connectivity index (χ4n) is 3.53. The van der Waals surface area contributed by atoms with Crippen molar-refractivity contribution in [2.45, 2.75) is 44.8 Å². The second-order valence-corrected chi connectivity index (χ2v) is 8.81. The third-order valence-corrected chi connectivity index (χ3v) is 5.29. The van der Waals surface area contributed by atoms with Crippen molar-refractivity contribution in [1.29, 1.82) is 0 Å². The Morgan fingerprint density at radius 1 is 1.13 bits per heavy atom. The fraction of sp³-hybridized carbons (Fsp3) is 0.391. The Morgan fingerprint density at radius 3 is 2.45 bits per heavy atom. The standard InChI is InChI=1S/C23H26F2N2O4/c1-22(2,3)16-7-5-6-8-19(16)31-13-15(28)12-27-20(29)23(4,26-21(27)30)14-9-10-17(24)18(25)11-14/h5-11,15,28H,12-13H2,1-4H3,(H,26,30). The van der Waals surface area contributed by atoms with Crippen LogP contribution in [0.2, 0.25) is 0 Å². The smallest absolute Gasteiger partial charge is 0.325 e. The number of carbonyl (C=O) groups is 2. The molecule has 2 N–H and O–H groups in total. The van der Waals surface area contributed by atoms with Crippen molar-refractivity contribution in [3.05, 3.63) is 65.2 Å². The van der Waals surface area contributed by atoms with Gasteiger partial charge in [0.1, 0.15) is 24.0 Å². The first-order valence-electron chi connectivity index (χ1n) is 9.93. The number of imide groups is 1. The highest BCUT2D eigenvalue weighted by atomic mass is 19.2. The predicted octanol–water partition coefficient (Wildman–Crippen LogP) is 3.47. The number of aliphatic hydroxyl groups excluding tert-OH is 1. The van der Waals surface area contributed by atoms with Gasteiger partial charge in [0.15, 0.2) is 11.6 Å². The summed E-state index contributed by atoms with van der Waals surface area (Å²) in [5, 5.41) is 12.9. The maximum absolute atomic E-state index is 13.6. The van der Waals surface area contributed by atoms with Crippen LogP contribution in [0.3, 0.4) is 0 Å². The SMILES string of the molecule is CC(C)(C)c1ccccc1OCC(O)CN1C(=O)NC(C)(c2ccc(F)c(F)c2)C1=O. The number of aliphatic hydroxyl groups is 1. The second kappa shape index (κ2) is 8.26. The minimum atomic E-state index is -1.56. The van der Waals surface area contributed by atoms with Crippen LogP contribution in [0.25, 0.3) is 0 Å². The molecule has 1 fully saturated rings. The third-order valence-electron chi connectivity index (χ3n) is 5.29. The quantitative estimate of drug-likeness (QED) is 0.686. The Labute approximate surface area is 179 Å². The third kappa shape index (κ3) is 4.54. The first kappa shape index (κ1) is 22.7. The second-order valence-electron chi connectivity index (χ2n) is 8.81. The van der Waals surface area contributed by atoms with Crippen LogP contribution in [-0.2, 0) is 15.7 Å². The molecule has 0 saturated carbocycles. The van der Waals surface area contributed by atoms with Gasteiger partial charge in [0.2, 0.25) is 0 Å². The minimum Gasteiger partial charge on any atom is -0.491 e. The topological polar surface area (TPSA) is 78.9 Å². The zero-order valence-corrected chi connectivity index (χ0v) is 17.9. The number of nitrogens with one attached hydrogen (secondary N) is 1. The van der Waals surface area contributed by atoms with Gasteiger partial charge >= 0.3 is 6.03 Å². The molecule has 2 aromatic rings. The average molecular weight is 432 g/mol. The molecule has 3 amide bonds. The van der Waals surface area contributed by atoms with Crippen molar-refractivity contribution in [2.24, 2.45) is 0 Å². The van der Waals surface area contributed by atoms with E-state index < -0.39 is 35.2 Å². The van der Waals surface area contributed by atoms with Gasteiger partial charge in [0.05, 0.1) is 6.54 Å². The molecule has 1 aliphatic heterocycles. The number of nitrogens with zero attached hydrogens (tertiary/aromatic N) is 1. The van der Waals surface area contributed by atoms with Crippen LogP contribution in [0.1, 0.15) is 38.8 Å². The number of ether oxygens (including phenoxy) is 1. The molecule has 2 atom stereocenters. The molecule has 1 heterocycles. The molecule has 0 bridgehead atoms. The average Bonchev–Trinajstić information content (AvgIpc) is 2.92.